The molecule has 17 heavy (non-hydrogen) atoms. The second-order valence-electron chi connectivity index (χ2n) is 3.66. The van der Waals surface area contributed by atoms with Crippen LogP contribution in [0.2, 0.25) is 0 Å². The number of hydrogen-bond acceptors (Lipinski definition) is 2. The second kappa shape index (κ2) is 3.94. The van der Waals surface area contributed by atoms with E-state index in [1.807, 2.05) is 24.3 Å². The third-order valence-electron chi connectivity index (χ3n) is 2.49. The molecule has 3 rings (SSSR count). The van der Waals surface area contributed by atoms with Crippen molar-refractivity contribution in [3.63, 3.8) is 0 Å². The van der Waals surface area contributed by atoms with E-state index in [4.69, 9.17) is 0 Å². The van der Waals surface area contributed by atoms with Crippen LogP contribution in [0, 0.1) is 11.9 Å². The summed E-state index contributed by atoms with van der Waals surface area (Å²) < 4.78 is 13.1. The molecule has 2 aromatic carbocycles. The molecule has 0 aliphatic heterocycles. The number of halogens is 1. The summed E-state index contributed by atoms with van der Waals surface area (Å²) >= 11 is 0. The number of fused-ring (bicyclic) bond motifs is 1. The molecule has 0 aliphatic rings. The van der Waals surface area contributed by atoms with Gasteiger partial charge in [-0.15, -0.1) is 0 Å². The fraction of sp³-hybridized carbons (Fsp3) is 0. The first-order chi connectivity index (χ1) is 8.33. The van der Waals surface area contributed by atoms with E-state index in [2.05, 4.69) is 16.0 Å². The number of benzene rings is 2. The molecule has 0 unspecified atom stereocenters. The summed E-state index contributed by atoms with van der Waals surface area (Å²) in [6.45, 7) is 0. The Bertz CT molecular complexity index is 680. The van der Waals surface area contributed by atoms with Gasteiger partial charge in [0.05, 0.1) is 5.52 Å². The highest BCUT2D eigenvalue weighted by Gasteiger charge is 2.04. The van der Waals surface area contributed by atoms with E-state index in [1.54, 1.807) is 18.3 Å². The zero-order valence-electron chi connectivity index (χ0n) is 8.89. The first-order valence-electron chi connectivity index (χ1n) is 5.23. The molecule has 81 valence electrons. The molecule has 0 saturated carbocycles. The maximum absolute atomic E-state index is 13.1. The average Bonchev–Trinajstić information content (AvgIpc) is 2.38. The zero-order valence-corrected chi connectivity index (χ0v) is 8.89. The summed E-state index contributed by atoms with van der Waals surface area (Å²) in [6.07, 6.45) is 1.73. The first-order valence-corrected chi connectivity index (χ1v) is 5.23. The summed E-state index contributed by atoms with van der Waals surface area (Å²) in [7, 11) is 0. The van der Waals surface area contributed by atoms with Crippen molar-refractivity contribution >= 4 is 10.9 Å². The minimum atomic E-state index is -0.403. The van der Waals surface area contributed by atoms with Crippen molar-refractivity contribution in [3.8, 4) is 11.4 Å². The van der Waals surface area contributed by atoms with Gasteiger partial charge in [-0.2, -0.15) is 0 Å². The fourth-order valence-corrected chi connectivity index (χ4v) is 1.67. The van der Waals surface area contributed by atoms with Crippen molar-refractivity contribution in [2.45, 2.75) is 0 Å². The highest BCUT2D eigenvalue weighted by atomic mass is 19.1. The third-order valence-corrected chi connectivity index (χ3v) is 2.49. The van der Waals surface area contributed by atoms with Crippen LogP contribution in [-0.4, -0.2) is 9.97 Å². The number of aromatic nitrogens is 2. The molecule has 0 amide bonds. The minimum absolute atomic E-state index is 0.403. The lowest BCUT2D eigenvalue weighted by Crippen LogP contribution is -1.90. The molecule has 0 saturated heterocycles. The maximum Gasteiger partial charge on any atom is 0.160 e. The molecular formula is C14H8FN2. The van der Waals surface area contributed by atoms with Gasteiger partial charge in [0, 0.05) is 23.2 Å². The Morgan fingerprint density at radius 2 is 1.88 bits per heavy atom. The number of hydrogen-bond donors (Lipinski definition) is 0. The summed E-state index contributed by atoms with van der Waals surface area (Å²) in [6, 6.07) is 15.0. The first kappa shape index (κ1) is 9.90. The van der Waals surface area contributed by atoms with Crippen molar-refractivity contribution in [2.24, 2.45) is 0 Å². The molecule has 0 aliphatic carbocycles. The quantitative estimate of drug-likeness (QED) is 0.633. The summed E-state index contributed by atoms with van der Waals surface area (Å²) in [4.78, 5) is 8.59. The molecule has 0 atom stereocenters. The van der Waals surface area contributed by atoms with E-state index in [-0.39, 0.29) is 0 Å². The van der Waals surface area contributed by atoms with E-state index in [1.165, 1.54) is 6.07 Å². The Hall–Kier alpha value is -2.29. The lowest BCUT2D eigenvalue weighted by atomic mass is 10.2. The van der Waals surface area contributed by atoms with Crippen LogP contribution in [0.3, 0.4) is 0 Å². The molecule has 1 aromatic heterocycles. The van der Waals surface area contributed by atoms with Gasteiger partial charge in [0.2, 0.25) is 0 Å². The van der Waals surface area contributed by atoms with Gasteiger partial charge >= 0.3 is 0 Å². The van der Waals surface area contributed by atoms with Crippen molar-refractivity contribution < 1.29 is 4.39 Å². The number of nitrogens with zero attached hydrogens (tertiary/aromatic N) is 2. The minimum Gasteiger partial charge on any atom is -0.236 e. The van der Waals surface area contributed by atoms with E-state index < -0.39 is 5.82 Å². The molecule has 2 nitrogen and oxygen atoms in total. The Kier molecular flexibility index (Phi) is 2.29. The molecule has 0 spiro atoms. The van der Waals surface area contributed by atoms with E-state index in [9.17, 15) is 4.39 Å². The van der Waals surface area contributed by atoms with Crippen LogP contribution in [0.4, 0.5) is 4.39 Å². The maximum atomic E-state index is 13.1. The molecule has 0 fully saturated rings. The van der Waals surface area contributed by atoms with Gasteiger partial charge in [-0.3, -0.25) is 0 Å². The molecular weight excluding hydrogens is 215 g/mol. The topological polar surface area (TPSA) is 25.8 Å². The van der Waals surface area contributed by atoms with Gasteiger partial charge < -0.3 is 0 Å². The highest BCUT2D eigenvalue weighted by Crippen LogP contribution is 2.18. The SMILES string of the molecule is Fc1[c]c(-c2ncc3ccccc3n2)ccc1. The van der Waals surface area contributed by atoms with Crippen LogP contribution < -0.4 is 0 Å². The van der Waals surface area contributed by atoms with Crippen LogP contribution >= 0.6 is 0 Å². The van der Waals surface area contributed by atoms with Gasteiger partial charge in [0.15, 0.2) is 5.82 Å². The predicted octanol–water partition coefficient (Wildman–Crippen LogP) is 3.24. The van der Waals surface area contributed by atoms with Crippen molar-refractivity contribution in [3.05, 3.63) is 60.5 Å². The lowest BCUT2D eigenvalue weighted by molar-refractivity contribution is 0.626. The predicted molar refractivity (Wildman–Crippen MR) is 63.8 cm³/mol. The molecule has 0 N–H and O–H groups in total. The zero-order chi connectivity index (χ0) is 11.7. The van der Waals surface area contributed by atoms with Gasteiger partial charge in [0.1, 0.15) is 5.82 Å². The molecule has 0 bridgehead atoms. The van der Waals surface area contributed by atoms with Crippen molar-refractivity contribution in [1.29, 1.82) is 0 Å². The molecule has 3 aromatic rings. The Balaban J connectivity index is 2.18. The van der Waals surface area contributed by atoms with Crippen LogP contribution in [0.25, 0.3) is 22.3 Å². The van der Waals surface area contributed by atoms with Crippen LogP contribution in [0.5, 0.6) is 0 Å². The fourth-order valence-electron chi connectivity index (χ4n) is 1.67. The normalized spacial score (nSPS) is 10.6. The van der Waals surface area contributed by atoms with E-state index >= 15 is 0 Å². The monoisotopic (exact) mass is 223 g/mol. The standard InChI is InChI=1S/C14H8FN2/c15-12-6-3-5-10(8-12)14-16-9-11-4-1-2-7-13(11)17-14/h1-7,9H. The van der Waals surface area contributed by atoms with Gasteiger partial charge in [-0.1, -0.05) is 30.3 Å². The van der Waals surface area contributed by atoms with Gasteiger partial charge in [-0.05, 0) is 12.1 Å². The van der Waals surface area contributed by atoms with Gasteiger partial charge in [0.25, 0.3) is 0 Å². The highest BCUT2D eigenvalue weighted by molar-refractivity contribution is 5.79. The second-order valence-corrected chi connectivity index (χ2v) is 3.66. The smallest absolute Gasteiger partial charge is 0.160 e. The van der Waals surface area contributed by atoms with Crippen LogP contribution in [0.1, 0.15) is 0 Å². The Morgan fingerprint density at radius 3 is 2.76 bits per heavy atom. The molecule has 1 heterocycles. The average molecular weight is 223 g/mol. The van der Waals surface area contributed by atoms with Gasteiger partial charge in [-0.25, -0.2) is 14.4 Å². The van der Waals surface area contributed by atoms with E-state index in [0.29, 0.717) is 11.4 Å². The third kappa shape index (κ3) is 1.87. The summed E-state index contributed by atoms with van der Waals surface area (Å²) in [5.41, 5.74) is 1.41. The summed E-state index contributed by atoms with van der Waals surface area (Å²) in [5, 5.41) is 0.965. The van der Waals surface area contributed by atoms with Crippen molar-refractivity contribution in [2.75, 3.05) is 0 Å². The number of para-hydroxylation sites is 1. The molecule has 1 radical (unpaired) electrons. The summed E-state index contributed by atoms with van der Waals surface area (Å²) in [5.74, 6) is 0.0856. The van der Waals surface area contributed by atoms with E-state index in [0.717, 1.165) is 10.9 Å². The Labute approximate surface area is 97.8 Å². The van der Waals surface area contributed by atoms with Crippen molar-refractivity contribution in [1.82, 2.24) is 9.97 Å². The van der Waals surface area contributed by atoms with Crippen LogP contribution in [-0.2, 0) is 0 Å². The lowest BCUT2D eigenvalue weighted by Gasteiger charge is -2.01. The molecule has 3 heteroatoms. The Morgan fingerprint density at radius 1 is 1.00 bits per heavy atom. The van der Waals surface area contributed by atoms with Crippen LogP contribution in [0.15, 0.2) is 48.7 Å². The largest absolute Gasteiger partial charge is 0.236 e. The number of rotatable bonds is 1.